The van der Waals surface area contributed by atoms with Gasteiger partial charge in [-0.05, 0) is 18.9 Å². The lowest BCUT2D eigenvalue weighted by Crippen LogP contribution is -2.16. The Hall–Kier alpha value is -0.590. The summed E-state index contributed by atoms with van der Waals surface area (Å²) in [5.41, 5.74) is 5.57. The zero-order valence-corrected chi connectivity index (χ0v) is 10.9. The quantitative estimate of drug-likeness (QED) is 0.859. The van der Waals surface area contributed by atoms with Crippen molar-refractivity contribution in [2.75, 3.05) is 24.7 Å². The summed E-state index contributed by atoms with van der Waals surface area (Å²) in [4.78, 5) is 4.38. The predicted molar refractivity (Wildman–Crippen MR) is 66.9 cm³/mol. The molecular weight excluding hydrogens is 238 g/mol. The fraction of sp³-hybridized carbons (Fsp3) is 0.818. The molecule has 1 aliphatic heterocycles. The van der Waals surface area contributed by atoms with Crippen LogP contribution in [0, 0.1) is 5.92 Å². The number of rotatable bonds is 5. The monoisotopic (exact) mass is 257 g/mol. The normalized spacial score (nSPS) is 22.6. The van der Waals surface area contributed by atoms with E-state index in [1.807, 2.05) is 11.8 Å². The van der Waals surface area contributed by atoms with Crippen molar-refractivity contribution in [1.82, 2.24) is 10.1 Å². The topological polar surface area (TPSA) is 74.2 Å². The lowest BCUT2D eigenvalue weighted by Gasteiger charge is -2.18. The second kappa shape index (κ2) is 6.37. The molecule has 2 rings (SSSR count). The van der Waals surface area contributed by atoms with E-state index in [4.69, 9.17) is 15.0 Å². The maximum atomic E-state index is 5.60. The standard InChI is InChI=1S/C11H19N3O2S/c1-8(6-12)2-3-10-13-11(14-16-10)9-7-17-5-4-15-9/h8-9H,2-7,12H2,1H3. The molecule has 0 aliphatic carbocycles. The van der Waals surface area contributed by atoms with Gasteiger partial charge in [-0.3, -0.25) is 0 Å². The number of aryl methyl sites for hydroxylation is 1. The van der Waals surface area contributed by atoms with Crippen LogP contribution in [0.5, 0.6) is 0 Å². The molecule has 6 heteroatoms. The fourth-order valence-corrected chi connectivity index (χ4v) is 2.47. The molecule has 0 saturated carbocycles. The highest BCUT2D eigenvalue weighted by molar-refractivity contribution is 7.99. The van der Waals surface area contributed by atoms with E-state index in [-0.39, 0.29) is 6.10 Å². The Kier molecular flexibility index (Phi) is 4.82. The van der Waals surface area contributed by atoms with Crippen LogP contribution in [0.25, 0.3) is 0 Å². The molecule has 17 heavy (non-hydrogen) atoms. The molecule has 5 nitrogen and oxygen atoms in total. The first-order valence-electron chi connectivity index (χ1n) is 6.01. The van der Waals surface area contributed by atoms with Crippen LogP contribution in [0.4, 0.5) is 0 Å². The summed E-state index contributed by atoms with van der Waals surface area (Å²) >= 11 is 1.87. The van der Waals surface area contributed by atoms with Crippen LogP contribution in [0.2, 0.25) is 0 Å². The number of ether oxygens (including phenoxy) is 1. The van der Waals surface area contributed by atoms with Crippen LogP contribution in [-0.2, 0) is 11.2 Å². The fourth-order valence-electron chi connectivity index (χ4n) is 1.62. The van der Waals surface area contributed by atoms with Gasteiger partial charge in [-0.15, -0.1) is 0 Å². The molecule has 1 aromatic rings. The Bertz CT molecular complexity index is 339. The highest BCUT2D eigenvalue weighted by Crippen LogP contribution is 2.24. The molecule has 1 fully saturated rings. The Balaban J connectivity index is 1.86. The minimum absolute atomic E-state index is 0.00168. The van der Waals surface area contributed by atoms with Gasteiger partial charge in [0, 0.05) is 17.9 Å². The van der Waals surface area contributed by atoms with Gasteiger partial charge >= 0.3 is 0 Å². The Morgan fingerprint density at radius 1 is 1.59 bits per heavy atom. The van der Waals surface area contributed by atoms with Crippen LogP contribution in [0.1, 0.15) is 31.2 Å². The molecule has 2 unspecified atom stereocenters. The highest BCUT2D eigenvalue weighted by atomic mass is 32.2. The largest absolute Gasteiger partial charge is 0.368 e. The van der Waals surface area contributed by atoms with Crippen LogP contribution in [0.3, 0.4) is 0 Å². The first-order chi connectivity index (χ1) is 8.29. The number of thioether (sulfide) groups is 1. The van der Waals surface area contributed by atoms with Gasteiger partial charge in [0.25, 0.3) is 0 Å². The van der Waals surface area contributed by atoms with E-state index < -0.39 is 0 Å². The van der Waals surface area contributed by atoms with Crippen molar-refractivity contribution in [2.45, 2.75) is 25.9 Å². The van der Waals surface area contributed by atoms with Gasteiger partial charge in [0.15, 0.2) is 0 Å². The Morgan fingerprint density at radius 3 is 3.18 bits per heavy atom. The number of hydrogen-bond donors (Lipinski definition) is 1. The van der Waals surface area contributed by atoms with Crippen LogP contribution >= 0.6 is 11.8 Å². The van der Waals surface area contributed by atoms with Gasteiger partial charge in [0.05, 0.1) is 6.61 Å². The van der Waals surface area contributed by atoms with Gasteiger partial charge in [0.1, 0.15) is 6.10 Å². The van der Waals surface area contributed by atoms with Gasteiger partial charge < -0.3 is 15.0 Å². The lowest BCUT2D eigenvalue weighted by atomic mass is 10.1. The molecular formula is C11H19N3O2S. The summed E-state index contributed by atoms with van der Waals surface area (Å²) in [6.45, 7) is 3.59. The third-order valence-corrected chi connectivity index (χ3v) is 3.83. The maximum Gasteiger partial charge on any atom is 0.226 e. The van der Waals surface area contributed by atoms with E-state index in [1.54, 1.807) is 0 Å². The molecule has 0 radical (unpaired) electrons. The van der Waals surface area contributed by atoms with Crippen molar-refractivity contribution in [3.05, 3.63) is 11.7 Å². The summed E-state index contributed by atoms with van der Waals surface area (Å²) in [5.74, 6) is 3.84. The molecule has 0 spiro atoms. The van der Waals surface area contributed by atoms with E-state index in [1.165, 1.54) is 0 Å². The summed E-state index contributed by atoms with van der Waals surface area (Å²) in [6, 6.07) is 0. The Labute approximate surface area is 105 Å². The number of hydrogen-bond acceptors (Lipinski definition) is 6. The molecule has 2 heterocycles. The average molecular weight is 257 g/mol. The van der Waals surface area contributed by atoms with Gasteiger partial charge in [-0.25, -0.2) is 0 Å². The molecule has 0 amide bonds. The Morgan fingerprint density at radius 2 is 2.47 bits per heavy atom. The smallest absolute Gasteiger partial charge is 0.226 e. The summed E-state index contributed by atoms with van der Waals surface area (Å²) in [5, 5.41) is 3.99. The number of aromatic nitrogens is 2. The van der Waals surface area contributed by atoms with Crippen molar-refractivity contribution in [1.29, 1.82) is 0 Å². The minimum atomic E-state index is -0.00168. The maximum absolute atomic E-state index is 5.60. The highest BCUT2D eigenvalue weighted by Gasteiger charge is 2.22. The van der Waals surface area contributed by atoms with Crippen molar-refractivity contribution in [3.63, 3.8) is 0 Å². The van der Waals surface area contributed by atoms with Crippen LogP contribution < -0.4 is 5.73 Å². The molecule has 96 valence electrons. The predicted octanol–water partition coefficient (Wildman–Crippen LogP) is 1.40. The number of nitrogens with zero attached hydrogens (tertiary/aromatic N) is 2. The van der Waals surface area contributed by atoms with Crippen LogP contribution in [0.15, 0.2) is 4.52 Å². The van der Waals surface area contributed by atoms with Gasteiger partial charge in [-0.2, -0.15) is 16.7 Å². The first kappa shape index (κ1) is 12.9. The van der Waals surface area contributed by atoms with E-state index in [2.05, 4.69) is 17.1 Å². The van der Waals surface area contributed by atoms with E-state index >= 15 is 0 Å². The van der Waals surface area contributed by atoms with Crippen molar-refractivity contribution >= 4 is 11.8 Å². The van der Waals surface area contributed by atoms with Crippen LogP contribution in [-0.4, -0.2) is 34.8 Å². The molecule has 0 bridgehead atoms. The van der Waals surface area contributed by atoms with E-state index in [0.717, 1.165) is 31.0 Å². The second-order valence-electron chi connectivity index (χ2n) is 4.36. The summed E-state index contributed by atoms with van der Waals surface area (Å²) in [6.07, 6.45) is 1.78. The zero-order valence-electron chi connectivity index (χ0n) is 10.1. The minimum Gasteiger partial charge on any atom is -0.368 e. The van der Waals surface area contributed by atoms with Crippen molar-refractivity contribution in [3.8, 4) is 0 Å². The molecule has 2 N–H and O–H groups in total. The third kappa shape index (κ3) is 3.69. The SMILES string of the molecule is CC(CN)CCc1nc(C2CSCCO2)no1. The van der Waals surface area contributed by atoms with Gasteiger partial charge in [-0.1, -0.05) is 12.1 Å². The first-order valence-corrected chi connectivity index (χ1v) is 7.17. The average Bonchev–Trinajstić information content (AvgIpc) is 2.86. The number of nitrogens with two attached hydrogens (primary N) is 1. The lowest BCUT2D eigenvalue weighted by molar-refractivity contribution is 0.0677. The van der Waals surface area contributed by atoms with E-state index in [0.29, 0.717) is 24.2 Å². The molecule has 0 aromatic carbocycles. The van der Waals surface area contributed by atoms with E-state index in [9.17, 15) is 0 Å². The summed E-state index contributed by atoms with van der Waals surface area (Å²) < 4.78 is 10.8. The zero-order chi connectivity index (χ0) is 12.1. The summed E-state index contributed by atoms with van der Waals surface area (Å²) in [7, 11) is 0. The molecule has 2 atom stereocenters. The molecule has 1 aromatic heterocycles. The van der Waals surface area contributed by atoms with Crippen molar-refractivity contribution < 1.29 is 9.26 Å². The van der Waals surface area contributed by atoms with Gasteiger partial charge in [0.2, 0.25) is 11.7 Å². The third-order valence-electron chi connectivity index (χ3n) is 2.84. The molecule has 1 saturated heterocycles. The molecule has 1 aliphatic rings. The van der Waals surface area contributed by atoms with Crippen molar-refractivity contribution in [2.24, 2.45) is 11.7 Å². The second-order valence-corrected chi connectivity index (χ2v) is 5.51.